The second kappa shape index (κ2) is 28.0. The van der Waals surface area contributed by atoms with E-state index in [-0.39, 0.29) is 5.92 Å². The first-order valence-electron chi connectivity index (χ1n) is 42.6. The Bertz CT molecular complexity index is 7700. The summed E-state index contributed by atoms with van der Waals surface area (Å²) in [5.74, 6) is 7.11. The van der Waals surface area contributed by atoms with Crippen LogP contribution in [0, 0.1) is 0 Å². The summed E-state index contributed by atoms with van der Waals surface area (Å²) in [4.78, 5) is 32.6. The number of benzene rings is 15. The molecule has 0 saturated carbocycles. The molecule has 5 heterocycles. The van der Waals surface area contributed by atoms with E-state index in [0.717, 1.165) is 177 Å². The number of allylic oxidation sites excluding steroid dienone is 11. The Hall–Kier alpha value is -15.6. The highest BCUT2D eigenvalue weighted by Gasteiger charge is 2.55. The molecule has 9 heteroatoms. The maximum atomic E-state index is 7.19. The summed E-state index contributed by atoms with van der Waals surface area (Å²) < 4.78 is 20.6. The minimum Gasteiger partial charge on any atom is -0.457 e. The van der Waals surface area contributed by atoms with Crippen LogP contribution in [0.15, 0.2) is 398 Å². The predicted molar refractivity (Wildman–Crippen MR) is 494 cm³/mol. The van der Waals surface area contributed by atoms with E-state index >= 15 is 0 Å². The fourth-order valence-electron chi connectivity index (χ4n) is 21.0. The third-order valence-corrected chi connectivity index (χ3v) is 26.4. The molecule has 2 spiro atoms. The van der Waals surface area contributed by atoms with E-state index in [9.17, 15) is 0 Å². The van der Waals surface area contributed by atoms with Gasteiger partial charge in [-0.25, -0.2) is 29.9 Å². The van der Waals surface area contributed by atoms with Crippen molar-refractivity contribution in [3.05, 3.63) is 449 Å². The maximum absolute atomic E-state index is 7.19. The number of furan rings is 1. The van der Waals surface area contributed by atoms with Gasteiger partial charge in [-0.05, 0) is 186 Å². The first kappa shape index (κ1) is 70.4. The van der Waals surface area contributed by atoms with Gasteiger partial charge in [0.05, 0.1) is 10.8 Å². The minimum atomic E-state index is -0.736. The number of hydrogen-bond acceptors (Lipinski definition) is 9. The van der Waals surface area contributed by atoms with Crippen molar-refractivity contribution >= 4 is 43.9 Å². The smallest absolute Gasteiger partial charge is 0.164 e. The predicted octanol–water partition coefficient (Wildman–Crippen LogP) is 28.1. The topological polar surface area (TPSA) is 109 Å². The van der Waals surface area contributed by atoms with Crippen LogP contribution in [0.4, 0.5) is 0 Å². The Kier molecular flexibility index (Phi) is 16.1. The van der Waals surface area contributed by atoms with Crippen molar-refractivity contribution in [1.82, 2.24) is 29.9 Å². The maximum Gasteiger partial charge on any atom is 0.164 e. The number of ether oxygens (including phenoxy) is 2. The fourth-order valence-corrected chi connectivity index (χ4v) is 21.0. The number of aromatic nitrogens is 6. The van der Waals surface area contributed by atoms with E-state index in [4.69, 9.17) is 43.8 Å². The van der Waals surface area contributed by atoms with Crippen molar-refractivity contribution in [3.8, 4) is 130 Å². The lowest BCUT2D eigenvalue weighted by Crippen LogP contribution is -2.36. The zero-order valence-corrected chi connectivity index (χ0v) is 66.9. The fraction of sp³-hybridized carbons (Fsp3) is 0.0702. The van der Waals surface area contributed by atoms with Gasteiger partial charge in [-0.2, -0.15) is 0 Å². The number of rotatable bonds is 11. The lowest BCUT2D eigenvalue weighted by molar-refractivity contribution is 0.383. The van der Waals surface area contributed by atoms with E-state index in [1.54, 1.807) is 0 Å². The largest absolute Gasteiger partial charge is 0.457 e. The van der Waals surface area contributed by atoms with Crippen LogP contribution in [-0.2, 0) is 10.8 Å². The van der Waals surface area contributed by atoms with Gasteiger partial charge < -0.3 is 13.9 Å². The summed E-state index contributed by atoms with van der Waals surface area (Å²) in [5.41, 5.74) is 30.3. The monoisotopic (exact) mass is 1570 g/mol. The van der Waals surface area contributed by atoms with Crippen LogP contribution in [0.3, 0.4) is 0 Å². The molecule has 0 amide bonds. The third kappa shape index (κ3) is 10.9. The number of para-hydroxylation sites is 3. The summed E-state index contributed by atoms with van der Waals surface area (Å²) in [5, 5.41) is 4.38. The molecule has 25 rings (SSSR count). The molecule has 0 saturated heterocycles. The average molecular weight is 1580 g/mol. The lowest BCUT2D eigenvalue weighted by Gasteiger charge is -2.42. The van der Waals surface area contributed by atoms with Crippen LogP contribution >= 0.6 is 0 Å². The van der Waals surface area contributed by atoms with Gasteiger partial charge >= 0.3 is 0 Å². The second-order valence-corrected chi connectivity index (χ2v) is 32.9. The van der Waals surface area contributed by atoms with Crippen molar-refractivity contribution in [2.75, 3.05) is 0 Å². The van der Waals surface area contributed by atoms with Crippen LogP contribution in [0.5, 0.6) is 17.2 Å². The molecule has 0 fully saturated rings. The van der Waals surface area contributed by atoms with Gasteiger partial charge in [0.2, 0.25) is 0 Å². The third-order valence-electron chi connectivity index (χ3n) is 26.4. The van der Waals surface area contributed by atoms with Gasteiger partial charge in [0, 0.05) is 72.3 Å². The Morgan fingerprint density at radius 1 is 0.301 bits per heavy atom. The molecule has 578 valence electrons. The van der Waals surface area contributed by atoms with Gasteiger partial charge in [-0.15, -0.1) is 0 Å². The normalized spacial score (nSPS) is 16.4. The second-order valence-electron chi connectivity index (χ2n) is 32.9. The van der Waals surface area contributed by atoms with Crippen LogP contribution < -0.4 is 9.47 Å². The Labute approximate surface area is 711 Å². The number of hydrogen-bond donors (Lipinski definition) is 0. The molecule has 123 heavy (non-hydrogen) atoms. The van der Waals surface area contributed by atoms with Crippen LogP contribution in [0.1, 0.15) is 93.9 Å². The van der Waals surface area contributed by atoms with Crippen molar-refractivity contribution in [2.24, 2.45) is 0 Å². The Balaban J connectivity index is 0.584. The molecule has 2 unspecified atom stereocenters. The molecule has 18 aromatic rings. The molecule has 9 nitrogen and oxygen atoms in total. The molecular weight excluding hydrogens is 1500 g/mol. The highest BCUT2D eigenvalue weighted by Crippen LogP contribution is 2.66. The SMILES string of the molecule is C1=CCC(c2nc(-c3ccccc3-c3ccc4c(c3)C3(c5ccccc5O4)c4ccccc4-c4ccccc43)nc(-c3ccc(C4=CCCC(c5cccc6c5-c5ccccc5C65C6=CCCC=C6Oc6ccc(-c7ccccc7-c7nc(-c8ccccc8)nc(-c8ccc(-c9cccc%10c9oc9ccccc9%10)cc8)n7)cc65)=C4)c4ccccc34)n2)C=C1. The molecule has 2 atom stereocenters. The minimum absolute atomic E-state index is 0.0543. The van der Waals surface area contributed by atoms with Crippen LogP contribution in [0.2, 0.25) is 0 Å². The van der Waals surface area contributed by atoms with Crippen LogP contribution in [0.25, 0.3) is 156 Å². The Morgan fingerprint density at radius 2 is 0.805 bits per heavy atom. The van der Waals surface area contributed by atoms with Crippen LogP contribution in [-0.4, -0.2) is 29.9 Å². The summed E-state index contributed by atoms with van der Waals surface area (Å²) in [6.07, 6.45) is 22.6. The van der Waals surface area contributed by atoms with E-state index < -0.39 is 10.8 Å². The molecule has 0 radical (unpaired) electrons. The molecule has 2 aliphatic heterocycles. The standard InChI is InChI=1S/C114H74N6O3/c1-3-28-70(29-4-1)107-115-109(72-58-56-69(57-59-72)81-45-26-46-87-86-40-16-22-53-100(86)123-106(81)87)119-110(116-107)88-41-11-7-34-77(88)76-61-65-104-99(68-76)114(96-51-21-24-55-102(96)122-104)94-49-19-15-43-91(94)105-80(44-27-52-97(105)114)74-33-25-32-73(66-74)79-62-63-90(83-37-10-9-36-82(79)83)112-118-108(71-30-5-2-6-31-71)117-111(120-112)89-42-12-8-35-78(89)75-60-64-103-98(67-75)113(95-50-20-23-54-101(95)121-103)92-47-17-13-38-84(92)85-39-14-18-48-93(85)113/h1-20,22-23,26-30,32,34-68,71H,21,24-25,31,33H2. The zero-order valence-electron chi connectivity index (χ0n) is 66.9. The summed E-state index contributed by atoms with van der Waals surface area (Å²) in [7, 11) is 0. The molecule has 7 aliphatic rings. The molecule has 15 aromatic carbocycles. The van der Waals surface area contributed by atoms with E-state index in [1.807, 2.05) is 30.3 Å². The highest BCUT2D eigenvalue weighted by molar-refractivity contribution is 6.10. The highest BCUT2D eigenvalue weighted by atomic mass is 16.5. The number of fused-ring (bicyclic) bond motifs is 22. The van der Waals surface area contributed by atoms with E-state index in [2.05, 4.69) is 352 Å². The van der Waals surface area contributed by atoms with Gasteiger partial charge in [-0.3, -0.25) is 0 Å². The molecule has 0 bridgehead atoms. The van der Waals surface area contributed by atoms with Gasteiger partial charge in [0.1, 0.15) is 40.0 Å². The molecule has 0 N–H and O–H groups in total. The number of nitrogens with zero attached hydrogens (tertiary/aromatic N) is 6. The van der Waals surface area contributed by atoms with Gasteiger partial charge in [0.15, 0.2) is 29.1 Å². The Morgan fingerprint density at radius 3 is 1.53 bits per heavy atom. The van der Waals surface area contributed by atoms with Gasteiger partial charge in [0.25, 0.3) is 0 Å². The van der Waals surface area contributed by atoms with Crippen molar-refractivity contribution in [3.63, 3.8) is 0 Å². The van der Waals surface area contributed by atoms with Gasteiger partial charge in [-0.1, -0.05) is 334 Å². The summed E-state index contributed by atoms with van der Waals surface area (Å²) in [6, 6.07) is 120. The lowest BCUT2D eigenvalue weighted by atomic mass is 9.63. The summed E-state index contributed by atoms with van der Waals surface area (Å²) >= 11 is 0. The van der Waals surface area contributed by atoms with Crippen molar-refractivity contribution < 1.29 is 13.9 Å². The molecule has 5 aliphatic carbocycles. The van der Waals surface area contributed by atoms with Crippen molar-refractivity contribution in [2.45, 2.75) is 48.9 Å². The van der Waals surface area contributed by atoms with E-state index in [0.29, 0.717) is 29.1 Å². The van der Waals surface area contributed by atoms with E-state index in [1.165, 1.54) is 66.8 Å². The molecular formula is C114H74N6O3. The zero-order chi connectivity index (χ0) is 80.9. The first-order chi connectivity index (χ1) is 61.0. The first-order valence-corrected chi connectivity index (χ1v) is 42.6. The average Bonchev–Trinajstić information content (AvgIpc) is 1.55. The van der Waals surface area contributed by atoms with Crippen molar-refractivity contribution in [1.29, 1.82) is 0 Å². The molecule has 3 aromatic heterocycles. The quantitative estimate of drug-likeness (QED) is 0.125. The summed E-state index contributed by atoms with van der Waals surface area (Å²) in [6.45, 7) is 0.